The van der Waals surface area contributed by atoms with Crippen LogP contribution in [0.4, 0.5) is 0 Å². The number of para-hydroxylation sites is 12. The molecule has 0 unspecified atom stereocenters. The number of rotatable bonds is 9. The standard InChI is InChI=1S/3C36H24N2/c3*1-5-19-33-29(15-1)30-16-2-6-20-34(30)37(33)27-13-9-11-25(23-27)26-12-10-14-28(24-26)38-35-21-7-3-17-31(35)32-18-4-8-22-36(32)38/h3*1-24H/i1D,2D,3D,4D,5D,6D,7D,8D,9D,10D,11D,12D,13D,14D,15D,16D,17D,18D,19D,20D,21D,22D,23D,24D;1D,2D,3D,4D,9D,10D,11D,12D,13D,14D,23D,24D;9D,10D,11D,12D,13D,14D,23D,24D. The van der Waals surface area contributed by atoms with Crippen LogP contribution in [0.3, 0.4) is 0 Å². The van der Waals surface area contributed by atoms with Crippen LogP contribution in [0.2, 0.25) is 0 Å². The average molecular weight is 1500 g/mol. The molecule has 0 aliphatic heterocycles. The first-order chi connectivity index (χ1) is 74.9. The summed E-state index contributed by atoms with van der Waals surface area (Å²) in [5, 5.41) is 4.10. The first-order valence-corrected chi connectivity index (χ1v) is 35.5. The summed E-state index contributed by atoms with van der Waals surface area (Å²) in [7, 11) is 0. The number of aromatic nitrogens is 6. The average Bonchev–Trinajstić information content (AvgIpc) is 1.53. The van der Waals surface area contributed by atoms with Crippen molar-refractivity contribution in [3.63, 3.8) is 0 Å². The molecule has 534 valence electrons. The quantitative estimate of drug-likeness (QED) is 0.138. The molecule has 0 amide bonds. The van der Waals surface area contributed by atoms with Gasteiger partial charge >= 0.3 is 0 Å². The van der Waals surface area contributed by atoms with Crippen LogP contribution in [-0.4, -0.2) is 27.4 Å². The lowest BCUT2D eigenvalue weighted by molar-refractivity contribution is 1.17. The maximum absolute atomic E-state index is 9.57. The zero-order chi connectivity index (χ0) is 113. The van der Waals surface area contributed by atoms with Crippen molar-refractivity contribution in [1.82, 2.24) is 27.4 Å². The van der Waals surface area contributed by atoms with Gasteiger partial charge in [0.25, 0.3) is 0 Å². The van der Waals surface area contributed by atoms with E-state index in [0.717, 1.165) is 30.7 Å². The Labute approximate surface area is 720 Å². The molecule has 0 spiro atoms. The van der Waals surface area contributed by atoms with Crippen LogP contribution in [0.5, 0.6) is 0 Å². The molecule has 24 aromatic rings. The Hall–Kier alpha value is -15.2. The molecule has 6 aromatic heterocycles. The smallest absolute Gasteiger partial charge is 0.0651 e. The van der Waals surface area contributed by atoms with Gasteiger partial charge in [0.1, 0.15) is 0 Å². The third kappa shape index (κ3) is 10.9. The zero-order valence-electron chi connectivity index (χ0n) is 103. The fraction of sp³-hybridized carbons (Fsp3) is 0. The Morgan fingerprint density at radius 2 is 0.307 bits per heavy atom. The summed E-state index contributed by atoms with van der Waals surface area (Å²) in [6.07, 6.45) is 0. The van der Waals surface area contributed by atoms with E-state index in [2.05, 4.69) is 0 Å². The van der Waals surface area contributed by atoms with Gasteiger partial charge in [-0.2, -0.15) is 0 Å². The lowest BCUT2D eigenvalue weighted by atomic mass is 10.0. The summed E-state index contributed by atoms with van der Waals surface area (Å²) >= 11 is 0. The van der Waals surface area contributed by atoms with Gasteiger partial charge in [-0.15, -0.1) is 0 Å². The highest BCUT2D eigenvalue weighted by atomic mass is 15.0. The molecule has 0 aliphatic carbocycles. The topological polar surface area (TPSA) is 29.6 Å². The van der Waals surface area contributed by atoms with E-state index >= 15 is 0 Å². The van der Waals surface area contributed by atoms with Crippen LogP contribution in [-0.2, 0) is 0 Å². The number of fused-ring (bicyclic) bond motifs is 18. The van der Waals surface area contributed by atoms with Crippen LogP contribution >= 0.6 is 0 Å². The highest BCUT2D eigenvalue weighted by Crippen LogP contribution is 2.42. The van der Waals surface area contributed by atoms with E-state index in [-0.39, 0.29) is 93.3 Å². The van der Waals surface area contributed by atoms with Gasteiger partial charge in [-0.3, -0.25) is 0 Å². The molecule has 0 atom stereocenters. The Bertz CT molecular complexity index is 9750. The molecule has 0 N–H and O–H groups in total. The summed E-state index contributed by atoms with van der Waals surface area (Å²) < 4.78 is 397. The molecule has 0 fully saturated rings. The van der Waals surface area contributed by atoms with Gasteiger partial charge in [0.2, 0.25) is 0 Å². The van der Waals surface area contributed by atoms with Crippen molar-refractivity contribution >= 4 is 131 Å². The molecule has 0 radical (unpaired) electrons. The fourth-order valence-corrected chi connectivity index (χ4v) is 15.1. The molecule has 6 heterocycles. The second-order valence-corrected chi connectivity index (χ2v) is 26.1. The third-order valence-corrected chi connectivity index (χ3v) is 19.9. The molecule has 0 bridgehead atoms. The molecule has 114 heavy (non-hydrogen) atoms. The zero-order valence-corrected chi connectivity index (χ0v) is 58.8. The van der Waals surface area contributed by atoms with Crippen LogP contribution in [0.1, 0.15) is 60.3 Å². The fourth-order valence-electron chi connectivity index (χ4n) is 15.1. The van der Waals surface area contributed by atoms with Crippen LogP contribution < -0.4 is 0 Å². The Morgan fingerprint density at radius 1 is 0.132 bits per heavy atom. The highest BCUT2D eigenvalue weighted by molar-refractivity contribution is 6.14. The van der Waals surface area contributed by atoms with E-state index < -0.39 is 284 Å². The largest absolute Gasteiger partial charge is 0.309 e. The van der Waals surface area contributed by atoms with Crippen LogP contribution in [0.15, 0.2) is 436 Å². The van der Waals surface area contributed by atoms with Crippen LogP contribution in [0.25, 0.3) is 198 Å². The van der Waals surface area contributed by atoms with Crippen molar-refractivity contribution in [3.8, 4) is 67.5 Å². The van der Waals surface area contributed by atoms with Crippen molar-refractivity contribution in [3.05, 3.63) is 436 Å². The van der Waals surface area contributed by atoms with Crippen molar-refractivity contribution in [2.24, 2.45) is 0 Å². The molecule has 0 aliphatic rings. The summed E-state index contributed by atoms with van der Waals surface area (Å²) in [4.78, 5) is 0. The maximum Gasteiger partial charge on any atom is 0.0651 e. The highest BCUT2D eigenvalue weighted by Gasteiger charge is 2.20. The second-order valence-electron chi connectivity index (χ2n) is 26.1. The minimum atomic E-state index is -1.02. The molecular weight excluding hydrogens is 1380 g/mol. The lowest BCUT2D eigenvalue weighted by Gasteiger charge is -2.12. The second kappa shape index (κ2) is 27.4. The van der Waals surface area contributed by atoms with E-state index in [1.54, 1.807) is 91.1 Å². The van der Waals surface area contributed by atoms with Gasteiger partial charge in [0.15, 0.2) is 0 Å². The third-order valence-electron chi connectivity index (χ3n) is 19.9. The van der Waals surface area contributed by atoms with E-state index in [4.69, 9.17) is 52.1 Å². The Kier molecular flexibility index (Phi) is 8.46. The van der Waals surface area contributed by atoms with Gasteiger partial charge in [0.05, 0.1) is 127 Å². The molecule has 18 aromatic carbocycles. The minimum Gasteiger partial charge on any atom is -0.309 e. The van der Waals surface area contributed by atoms with Gasteiger partial charge in [-0.25, -0.2) is 0 Å². The predicted molar refractivity (Wildman–Crippen MR) is 482 cm³/mol. The summed E-state index contributed by atoms with van der Waals surface area (Å²) in [6.45, 7) is 0. The van der Waals surface area contributed by atoms with Crippen molar-refractivity contribution in [2.45, 2.75) is 0 Å². The van der Waals surface area contributed by atoms with Gasteiger partial charge in [0, 0.05) is 98.8 Å². The molecule has 0 saturated carbocycles. The Balaban J connectivity index is 0.000000134. The normalized spacial score (nSPS) is 17.1. The maximum atomic E-state index is 9.57. The summed E-state index contributed by atoms with van der Waals surface area (Å²) in [5.74, 6) is 0. The van der Waals surface area contributed by atoms with Crippen LogP contribution in [0, 0.1) is 0 Å². The van der Waals surface area contributed by atoms with Gasteiger partial charge < -0.3 is 27.4 Å². The Morgan fingerprint density at radius 3 is 0.526 bits per heavy atom. The molecule has 24 rings (SSSR count). The van der Waals surface area contributed by atoms with Crippen molar-refractivity contribution in [2.75, 3.05) is 0 Å². The van der Waals surface area contributed by atoms with E-state index in [1.165, 1.54) is 0 Å². The van der Waals surface area contributed by atoms with Crippen molar-refractivity contribution in [1.29, 1.82) is 0 Å². The number of hydrogen-bond acceptors (Lipinski definition) is 0. The predicted octanol–water partition coefficient (Wildman–Crippen LogP) is 28.6. The molecule has 0 saturated heterocycles. The van der Waals surface area contributed by atoms with Crippen molar-refractivity contribution < 1.29 is 60.3 Å². The molecule has 6 heteroatoms. The minimum absolute atomic E-state index is 0.0482. The SMILES string of the molecule is [2H]c1c([2H])c(-c2c([2H])c([2H])c([2H])c(-n3c4c([2H])c([2H])c([2H])c([2H])c4c4c([2H])c([2H])c([2H])c([2H])c43)c2[2H])c([2H])c(-n2c3c([2H])c([2H])c([2H])c([2H])c3c3c([2H])c([2H])c([2H])c([2H])c32)c1[2H].[2H]c1c([2H])c(-c2c([2H])c([2H])c([2H])c(-n3c4ccccc4c4ccccc43)c2[2H])c([2H])c(-n2c3ccccc3c3ccccc32)c1[2H].[2H]c1ccc2c(c1)c1cc([2H])ccc1n2-c1c([2H])c([2H])c([2H])c(-c2c([2H])c([2H])c([2H])c(-n3c4ccc([2H])cc4c4cc([2H])ccc43)c2[2H])c1[2H]. The summed E-state index contributed by atoms with van der Waals surface area (Å²) in [5.41, 5.74) is -1.93. The van der Waals surface area contributed by atoms with Gasteiger partial charge in [-0.1, -0.05) is 291 Å². The molecule has 6 nitrogen and oxygen atoms in total. The first kappa shape index (κ1) is 35.2. The van der Waals surface area contributed by atoms with Gasteiger partial charge in [-0.05, 0) is 179 Å². The molecular formula is C108H72N6. The van der Waals surface area contributed by atoms with E-state index in [1.807, 2.05) is 97.1 Å². The number of benzene rings is 18. The first-order valence-electron chi connectivity index (χ1n) is 57.5. The lowest BCUT2D eigenvalue weighted by Crippen LogP contribution is -1.95. The van der Waals surface area contributed by atoms with E-state index in [0.29, 0.717) is 65.7 Å². The number of hydrogen-bond donors (Lipinski definition) is 0. The number of nitrogens with zero attached hydrogens (tertiary/aromatic N) is 6. The van der Waals surface area contributed by atoms with E-state index in [9.17, 15) is 8.22 Å². The summed E-state index contributed by atoms with van der Waals surface area (Å²) in [6, 6.07) is 22.2. The monoisotopic (exact) mass is 1500 g/mol.